The monoisotopic (exact) mass is 232 g/mol. The Labute approximate surface area is 103 Å². The molecule has 1 rings (SSSR count). The largest absolute Gasteiger partial charge is 0.379 e. The fraction of sp³-hybridized carbons (Fsp3) is 0.500. The maximum absolute atomic E-state index is 8.67. The molecule has 0 spiro atoms. The number of ether oxygens (including phenoxy) is 1. The van der Waals surface area contributed by atoms with Gasteiger partial charge in [-0.05, 0) is 44.5 Å². The summed E-state index contributed by atoms with van der Waals surface area (Å²) >= 11 is 0. The highest BCUT2D eigenvalue weighted by Crippen LogP contribution is 2.02. The van der Waals surface area contributed by atoms with E-state index in [1.54, 1.807) is 0 Å². The van der Waals surface area contributed by atoms with Gasteiger partial charge in [0.15, 0.2) is 0 Å². The van der Waals surface area contributed by atoms with E-state index in [1.165, 1.54) is 5.56 Å². The van der Waals surface area contributed by atoms with Crippen LogP contribution in [0.1, 0.15) is 31.4 Å². The number of nitrogens with zero attached hydrogens (tertiary/aromatic N) is 1. The Morgan fingerprint density at radius 3 is 2.59 bits per heavy atom. The second-order valence-corrected chi connectivity index (χ2v) is 4.26. The maximum atomic E-state index is 8.67. The van der Waals surface area contributed by atoms with Crippen LogP contribution >= 0.6 is 0 Å². The molecular formula is C14H20N2O. The molecule has 0 unspecified atom stereocenters. The molecule has 0 fully saturated rings. The lowest BCUT2D eigenvalue weighted by atomic mass is 10.1. The molecular weight excluding hydrogens is 212 g/mol. The molecule has 0 atom stereocenters. The first-order chi connectivity index (χ1) is 8.22. The first kappa shape index (κ1) is 13.7. The van der Waals surface area contributed by atoms with E-state index in [4.69, 9.17) is 10.00 Å². The summed E-state index contributed by atoms with van der Waals surface area (Å²) in [5.74, 6) is 0. The summed E-state index contributed by atoms with van der Waals surface area (Å²) in [6.07, 6.45) is 1.34. The van der Waals surface area contributed by atoms with Gasteiger partial charge in [0.1, 0.15) is 0 Å². The van der Waals surface area contributed by atoms with Crippen molar-refractivity contribution in [3.05, 3.63) is 35.4 Å². The Morgan fingerprint density at radius 1 is 1.29 bits per heavy atom. The zero-order chi connectivity index (χ0) is 12.5. The molecule has 0 aliphatic heterocycles. The minimum Gasteiger partial charge on any atom is -0.379 e. The molecule has 0 bridgehead atoms. The first-order valence-electron chi connectivity index (χ1n) is 6.03. The van der Waals surface area contributed by atoms with Crippen LogP contribution in [0.4, 0.5) is 0 Å². The molecule has 0 saturated carbocycles. The first-order valence-corrected chi connectivity index (χ1v) is 6.03. The lowest BCUT2D eigenvalue weighted by molar-refractivity contribution is 0.0770. The van der Waals surface area contributed by atoms with Crippen molar-refractivity contribution in [3.63, 3.8) is 0 Å². The summed E-state index contributed by atoms with van der Waals surface area (Å²) in [4.78, 5) is 0. The smallest absolute Gasteiger partial charge is 0.0991 e. The van der Waals surface area contributed by atoms with Crippen LogP contribution < -0.4 is 5.32 Å². The predicted molar refractivity (Wildman–Crippen MR) is 68.6 cm³/mol. The van der Waals surface area contributed by atoms with Gasteiger partial charge in [0, 0.05) is 13.2 Å². The number of hydrogen-bond acceptors (Lipinski definition) is 3. The SMILES string of the molecule is CC(C)OCCCNCc1ccc(C#N)cc1. The molecule has 0 aliphatic rings. The van der Waals surface area contributed by atoms with E-state index in [1.807, 2.05) is 38.1 Å². The average Bonchev–Trinajstić information content (AvgIpc) is 2.34. The zero-order valence-corrected chi connectivity index (χ0v) is 10.6. The van der Waals surface area contributed by atoms with Gasteiger partial charge in [0.05, 0.1) is 17.7 Å². The maximum Gasteiger partial charge on any atom is 0.0991 e. The van der Waals surface area contributed by atoms with Crippen molar-refractivity contribution in [1.82, 2.24) is 5.32 Å². The standard InChI is InChI=1S/C14H20N2O/c1-12(2)17-9-3-8-16-11-14-6-4-13(10-15)5-7-14/h4-7,12,16H,3,8-9,11H2,1-2H3. The molecule has 0 amide bonds. The molecule has 17 heavy (non-hydrogen) atoms. The van der Waals surface area contributed by atoms with E-state index in [0.717, 1.165) is 26.1 Å². The molecule has 0 aromatic heterocycles. The van der Waals surface area contributed by atoms with Crippen molar-refractivity contribution in [3.8, 4) is 6.07 Å². The van der Waals surface area contributed by atoms with Crippen LogP contribution in [0.2, 0.25) is 0 Å². The van der Waals surface area contributed by atoms with Gasteiger partial charge in [-0.2, -0.15) is 5.26 Å². The summed E-state index contributed by atoms with van der Waals surface area (Å²) in [5.41, 5.74) is 1.91. The molecule has 1 aromatic rings. The molecule has 3 nitrogen and oxygen atoms in total. The minimum atomic E-state index is 0.313. The average molecular weight is 232 g/mol. The number of nitriles is 1. The Bertz CT molecular complexity index is 351. The van der Waals surface area contributed by atoms with Gasteiger partial charge in [0.2, 0.25) is 0 Å². The quantitative estimate of drug-likeness (QED) is 0.734. The van der Waals surface area contributed by atoms with Crippen LogP contribution in [0.3, 0.4) is 0 Å². The van der Waals surface area contributed by atoms with Crippen LogP contribution in [-0.2, 0) is 11.3 Å². The van der Waals surface area contributed by atoms with Gasteiger partial charge in [-0.3, -0.25) is 0 Å². The molecule has 0 aliphatic carbocycles. The van der Waals surface area contributed by atoms with Crippen molar-refractivity contribution in [2.75, 3.05) is 13.2 Å². The van der Waals surface area contributed by atoms with E-state index in [9.17, 15) is 0 Å². The molecule has 0 heterocycles. The third-order valence-electron chi connectivity index (χ3n) is 2.36. The number of benzene rings is 1. The van der Waals surface area contributed by atoms with Gasteiger partial charge in [-0.15, -0.1) is 0 Å². The third kappa shape index (κ3) is 6.06. The zero-order valence-electron chi connectivity index (χ0n) is 10.6. The van der Waals surface area contributed by atoms with Crippen molar-refractivity contribution >= 4 is 0 Å². The van der Waals surface area contributed by atoms with Crippen LogP contribution in [0, 0.1) is 11.3 Å². The highest BCUT2D eigenvalue weighted by molar-refractivity contribution is 5.31. The van der Waals surface area contributed by atoms with Crippen molar-refractivity contribution in [1.29, 1.82) is 5.26 Å². The van der Waals surface area contributed by atoms with Crippen molar-refractivity contribution < 1.29 is 4.74 Å². The lowest BCUT2D eigenvalue weighted by Gasteiger charge is -2.08. The second kappa shape index (κ2) is 7.83. The Kier molecular flexibility index (Phi) is 6.31. The van der Waals surface area contributed by atoms with Crippen LogP contribution in [0.25, 0.3) is 0 Å². The molecule has 1 N–H and O–H groups in total. The van der Waals surface area contributed by atoms with Crippen LogP contribution in [0.15, 0.2) is 24.3 Å². The van der Waals surface area contributed by atoms with Crippen molar-refractivity contribution in [2.24, 2.45) is 0 Å². The Morgan fingerprint density at radius 2 is 2.00 bits per heavy atom. The molecule has 1 aromatic carbocycles. The lowest BCUT2D eigenvalue weighted by Crippen LogP contribution is -2.17. The summed E-state index contributed by atoms with van der Waals surface area (Å²) in [6.45, 7) is 6.69. The van der Waals surface area contributed by atoms with E-state index in [2.05, 4.69) is 11.4 Å². The summed E-state index contributed by atoms with van der Waals surface area (Å²) in [5, 5.41) is 12.0. The topological polar surface area (TPSA) is 45.0 Å². The van der Waals surface area contributed by atoms with Gasteiger partial charge in [-0.1, -0.05) is 12.1 Å². The number of nitrogens with one attached hydrogen (secondary N) is 1. The van der Waals surface area contributed by atoms with Gasteiger partial charge >= 0.3 is 0 Å². The second-order valence-electron chi connectivity index (χ2n) is 4.26. The molecule has 0 saturated heterocycles. The normalized spacial score (nSPS) is 10.5. The van der Waals surface area contributed by atoms with Crippen LogP contribution in [0.5, 0.6) is 0 Å². The summed E-state index contributed by atoms with van der Waals surface area (Å²) in [6, 6.07) is 9.77. The predicted octanol–water partition coefficient (Wildman–Crippen LogP) is 2.46. The molecule has 0 radical (unpaired) electrons. The Hall–Kier alpha value is -1.37. The van der Waals surface area contributed by atoms with E-state index < -0.39 is 0 Å². The van der Waals surface area contributed by atoms with E-state index in [0.29, 0.717) is 11.7 Å². The van der Waals surface area contributed by atoms with Gasteiger partial charge < -0.3 is 10.1 Å². The summed E-state index contributed by atoms with van der Waals surface area (Å²) in [7, 11) is 0. The fourth-order valence-corrected chi connectivity index (χ4v) is 1.45. The highest BCUT2D eigenvalue weighted by atomic mass is 16.5. The number of rotatable bonds is 7. The van der Waals surface area contributed by atoms with Crippen molar-refractivity contribution in [2.45, 2.75) is 32.9 Å². The van der Waals surface area contributed by atoms with E-state index >= 15 is 0 Å². The fourth-order valence-electron chi connectivity index (χ4n) is 1.45. The van der Waals surface area contributed by atoms with Crippen LogP contribution in [-0.4, -0.2) is 19.3 Å². The third-order valence-corrected chi connectivity index (χ3v) is 2.36. The Balaban J connectivity index is 2.12. The van der Waals surface area contributed by atoms with Gasteiger partial charge in [-0.25, -0.2) is 0 Å². The highest BCUT2D eigenvalue weighted by Gasteiger charge is 1.95. The molecule has 3 heteroatoms. The van der Waals surface area contributed by atoms with Gasteiger partial charge in [0.25, 0.3) is 0 Å². The van der Waals surface area contributed by atoms with E-state index in [-0.39, 0.29) is 0 Å². The molecule has 92 valence electrons. The number of hydrogen-bond donors (Lipinski definition) is 1. The minimum absolute atomic E-state index is 0.313. The summed E-state index contributed by atoms with van der Waals surface area (Å²) < 4.78 is 5.45.